The first-order chi connectivity index (χ1) is 12.4. The van der Waals surface area contributed by atoms with Gasteiger partial charge in [-0.1, -0.05) is 56.6 Å². The van der Waals surface area contributed by atoms with Gasteiger partial charge in [0, 0.05) is 19.4 Å². The predicted octanol–water partition coefficient (Wildman–Crippen LogP) is 5.10. The summed E-state index contributed by atoms with van der Waals surface area (Å²) in [5.41, 5.74) is -0.324. The molecule has 0 heterocycles. The minimum absolute atomic E-state index is 0.126. The molecule has 0 aromatic heterocycles. The molecule has 0 bridgehead atoms. The Morgan fingerprint density at radius 2 is 2.08 bits per heavy atom. The number of rotatable bonds is 13. The Bertz CT molecular complexity index is 532. The van der Waals surface area contributed by atoms with Crippen molar-refractivity contribution in [3.8, 4) is 0 Å². The van der Waals surface area contributed by atoms with E-state index in [1.165, 1.54) is 12.8 Å². The molecule has 1 aliphatic rings. The van der Waals surface area contributed by atoms with E-state index >= 15 is 0 Å². The van der Waals surface area contributed by atoms with Gasteiger partial charge in [-0.3, -0.25) is 9.59 Å². The number of methoxy groups -OCH3 is 1. The highest BCUT2D eigenvalue weighted by atomic mass is 16.5. The highest BCUT2D eigenvalue weighted by Crippen LogP contribution is 2.29. The van der Waals surface area contributed by atoms with Crippen LogP contribution in [0.5, 0.6) is 0 Å². The molecule has 0 saturated carbocycles. The van der Waals surface area contributed by atoms with Crippen molar-refractivity contribution in [3.63, 3.8) is 0 Å². The molecule has 4 nitrogen and oxygen atoms in total. The van der Waals surface area contributed by atoms with E-state index in [1.54, 1.807) is 13.2 Å². The number of carboxylic acids is 1. The molecule has 0 saturated heterocycles. The number of carboxylic acid groups (broad SMARTS) is 1. The monoisotopic (exact) mass is 362 g/mol. The molecule has 0 spiro atoms. The number of hydrogen-bond acceptors (Lipinski definition) is 3. The minimum Gasteiger partial charge on any atom is -0.481 e. The van der Waals surface area contributed by atoms with Crippen molar-refractivity contribution < 1.29 is 19.4 Å². The zero-order valence-corrected chi connectivity index (χ0v) is 16.4. The molecule has 0 aromatic rings. The number of unbranched alkanes of at least 4 members (excludes halogenated alkanes) is 3. The van der Waals surface area contributed by atoms with Gasteiger partial charge in [0.25, 0.3) is 0 Å². The van der Waals surface area contributed by atoms with Crippen molar-refractivity contribution in [1.29, 1.82) is 0 Å². The minimum atomic E-state index is -0.756. The van der Waals surface area contributed by atoms with Crippen LogP contribution in [-0.4, -0.2) is 29.6 Å². The average Bonchev–Trinajstić information content (AvgIpc) is 2.96. The molecule has 1 N–H and O–H groups in total. The van der Waals surface area contributed by atoms with Crippen LogP contribution in [0.2, 0.25) is 0 Å². The molecule has 1 rings (SSSR count). The Morgan fingerprint density at radius 1 is 1.31 bits per heavy atom. The van der Waals surface area contributed by atoms with E-state index in [1.807, 2.05) is 18.2 Å². The van der Waals surface area contributed by atoms with Crippen molar-refractivity contribution in [1.82, 2.24) is 0 Å². The van der Waals surface area contributed by atoms with Crippen molar-refractivity contribution in [2.24, 2.45) is 11.8 Å². The summed E-state index contributed by atoms with van der Waals surface area (Å²) in [4.78, 5) is 22.7. The van der Waals surface area contributed by atoms with Crippen molar-refractivity contribution in [3.05, 3.63) is 36.5 Å². The topological polar surface area (TPSA) is 63.6 Å². The number of carbonyl (C=O) groups is 2. The second kappa shape index (κ2) is 11.8. The first-order valence-corrected chi connectivity index (χ1v) is 9.75. The SMILES string of the molecule is CCCCC[C@@](C)(/C=C/[C@H]1C(=O)C=C[C@@H]1C/C=C\CCCC(=O)O)OC. The predicted molar refractivity (Wildman–Crippen MR) is 105 cm³/mol. The number of carbonyl (C=O) groups excluding carboxylic acids is 1. The molecule has 0 fully saturated rings. The molecule has 1 aliphatic carbocycles. The van der Waals surface area contributed by atoms with Crippen LogP contribution < -0.4 is 0 Å². The maximum Gasteiger partial charge on any atom is 0.303 e. The van der Waals surface area contributed by atoms with Crippen molar-refractivity contribution in [2.75, 3.05) is 7.11 Å². The summed E-state index contributed by atoms with van der Waals surface area (Å²) >= 11 is 0. The van der Waals surface area contributed by atoms with Crippen molar-refractivity contribution >= 4 is 11.8 Å². The smallest absolute Gasteiger partial charge is 0.303 e. The molecule has 0 amide bonds. The van der Waals surface area contributed by atoms with Crippen molar-refractivity contribution in [2.45, 2.75) is 70.8 Å². The fraction of sp³-hybridized carbons (Fsp3) is 0.636. The van der Waals surface area contributed by atoms with Crippen LogP contribution in [-0.2, 0) is 14.3 Å². The van der Waals surface area contributed by atoms with Gasteiger partial charge in [-0.25, -0.2) is 0 Å². The number of ketones is 1. The standard InChI is InChI=1S/C22H34O4/c1-4-5-10-16-22(2,26-3)17-15-19-18(13-14-20(19)23)11-8-6-7-9-12-21(24)25/h6,8,13-15,17-19H,4-5,7,9-12,16H2,1-3H3,(H,24,25)/b8-6-,17-15+/t18-,19+,22-/m0/s1. The summed E-state index contributed by atoms with van der Waals surface area (Å²) in [6.45, 7) is 4.26. The second-order valence-electron chi connectivity index (χ2n) is 7.28. The Morgan fingerprint density at radius 3 is 2.73 bits per heavy atom. The zero-order valence-electron chi connectivity index (χ0n) is 16.4. The molecule has 0 unspecified atom stereocenters. The summed E-state index contributed by atoms with van der Waals surface area (Å²) in [7, 11) is 1.72. The highest BCUT2D eigenvalue weighted by molar-refractivity contribution is 5.95. The summed E-state index contributed by atoms with van der Waals surface area (Å²) in [5, 5.41) is 8.63. The van der Waals surface area contributed by atoms with E-state index in [-0.39, 0.29) is 29.6 Å². The summed E-state index contributed by atoms with van der Waals surface area (Å²) in [6, 6.07) is 0. The molecule has 3 atom stereocenters. The van der Waals surface area contributed by atoms with E-state index < -0.39 is 5.97 Å². The largest absolute Gasteiger partial charge is 0.481 e. The fourth-order valence-corrected chi connectivity index (χ4v) is 3.15. The lowest BCUT2D eigenvalue weighted by atomic mass is 9.88. The Kier molecular flexibility index (Phi) is 10.2. The molecule has 0 aliphatic heterocycles. The van der Waals surface area contributed by atoms with Gasteiger partial charge < -0.3 is 9.84 Å². The van der Waals surface area contributed by atoms with Gasteiger partial charge in [-0.2, -0.15) is 0 Å². The van der Waals surface area contributed by atoms with E-state index in [2.05, 4.69) is 26.0 Å². The average molecular weight is 363 g/mol. The lowest BCUT2D eigenvalue weighted by Gasteiger charge is -2.25. The second-order valence-corrected chi connectivity index (χ2v) is 7.28. The molecule has 146 valence electrons. The van der Waals surface area contributed by atoms with Crippen LogP contribution in [0.3, 0.4) is 0 Å². The van der Waals surface area contributed by atoms with Gasteiger partial charge in [-0.15, -0.1) is 0 Å². The maximum absolute atomic E-state index is 12.2. The third-order valence-corrected chi connectivity index (χ3v) is 5.03. The molecular formula is C22H34O4. The Balaban J connectivity index is 2.55. The molecule has 0 aromatic carbocycles. The summed E-state index contributed by atoms with van der Waals surface area (Å²) < 4.78 is 5.68. The Hall–Kier alpha value is -1.68. The number of allylic oxidation sites excluding steroid dienone is 5. The summed E-state index contributed by atoms with van der Waals surface area (Å²) in [5.74, 6) is -0.559. The number of aliphatic carboxylic acids is 1. The molecule has 0 radical (unpaired) electrons. The molecular weight excluding hydrogens is 328 g/mol. The number of ether oxygens (including phenoxy) is 1. The quantitative estimate of drug-likeness (QED) is 0.366. The van der Waals surface area contributed by atoms with Gasteiger partial charge >= 0.3 is 5.97 Å². The van der Waals surface area contributed by atoms with E-state index in [4.69, 9.17) is 9.84 Å². The number of hydrogen-bond donors (Lipinski definition) is 1. The normalized spacial score (nSPS) is 22.5. The fourth-order valence-electron chi connectivity index (χ4n) is 3.15. The Labute approximate surface area is 158 Å². The van der Waals surface area contributed by atoms with Gasteiger partial charge in [0.15, 0.2) is 5.78 Å². The van der Waals surface area contributed by atoms with Crippen LogP contribution in [0.1, 0.15) is 65.2 Å². The van der Waals surface area contributed by atoms with Crippen LogP contribution >= 0.6 is 0 Å². The first-order valence-electron chi connectivity index (χ1n) is 9.75. The van der Waals surface area contributed by atoms with Gasteiger partial charge in [0.1, 0.15) is 0 Å². The first kappa shape index (κ1) is 22.4. The lowest BCUT2D eigenvalue weighted by molar-refractivity contribution is -0.137. The van der Waals surface area contributed by atoms with E-state index in [9.17, 15) is 9.59 Å². The molecule has 4 heteroatoms. The van der Waals surface area contributed by atoms with Crippen LogP contribution in [0, 0.1) is 11.8 Å². The third-order valence-electron chi connectivity index (χ3n) is 5.03. The van der Waals surface area contributed by atoms with Crippen LogP contribution in [0.4, 0.5) is 0 Å². The van der Waals surface area contributed by atoms with Gasteiger partial charge in [0.05, 0.1) is 5.60 Å². The maximum atomic E-state index is 12.2. The van der Waals surface area contributed by atoms with E-state index in [0.717, 1.165) is 25.7 Å². The third kappa shape index (κ3) is 8.13. The summed E-state index contributed by atoms with van der Waals surface area (Å²) in [6.07, 6.45) is 18.7. The zero-order chi connectivity index (χ0) is 19.4. The molecule has 26 heavy (non-hydrogen) atoms. The van der Waals surface area contributed by atoms with Crippen LogP contribution in [0.15, 0.2) is 36.5 Å². The van der Waals surface area contributed by atoms with Gasteiger partial charge in [-0.05, 0) is 44.6 Å². The van der Waals surface area contributed by atoms with Gasteiger partial charge in [0.2, 0.25) is 0 Å². The lowest BCUT2D eigenvalue weighted by Crippen LogP contribution is -2.25. The highest BCUT2D eigenvalue weighted by Gasteiger charge is 2.28. The van der Waals surface area contributed by atoms with Crippen LogP contribution in [0.25, 0.3) is 0 Å². The van der Waals surface area contributed by atoms with E-state index in [0.29, 0.717) is 6.42 Å².